The molecule has 1 aromatic carbocycles. The van der Waals surface area contributed by atoms with E-state index in [1.165, 1.54) is 56.3 Å². The topological polar surface area (TPSA) is 51.2 Å². The maximum Gasteiger partial charge on any atom is 0.257 e. The van der Waals surface area contributed by atoms with Gasteiger partial charge in [0.1, 0.15) is 5.75 Å². The van der Waals surface area contributed by atoms with Crippen molar-refractivity contribution in [1.29, 1.82) is 0 Å². The number of aromatic nitrogens is 1. The summed E-state index contributed by atoms with van der Waals surface area (Å²) in [6, 6.07) is 7.26. The van der Waals surface area contributed by atoms with Crippen molar-refractivity contribution in [2.24, 2.45) is 0 Å². The summed E-state index contributed by atoms with van der Waals surface area (Å²) < 4.78 is 5.75. The Morgan fingerprint density at radius 2 is 1.72 bits per heavy atom. The highest BCUT2D eigenvalue weighted by atomic mass is 32.1. The third-order valence-corrected chi connectivity index (χ3v) is 4.72. The molecule has 2 aromatic rings. The van der Waals surface area contributed by atoms with Gasteiger partial charge in [-0.15, -0.1) is 11.3 Å². The molecule has 5 heteroatoms. The van der Waals surface area contributed by atoms with E-state index >= 15 is 0 Å². The Morgan fingerprint density at radius 1 is 1.04 bits per heavy atom. The first kappa shape index (κ1) is 19.4. The Bertz CT molecular complexity index is 597. The summed E-state index contributed by atoms with van der Waals surface area (Å²) in [5, 5.41) is 5.21. The molecule has 25 heavy (non-hydrogen) atoms. The molecular weight excluding hydrogens is 332 g/mol. The monoisotopic (exact) mass is 360 g/mol. The second-order valence-electron chi connectivity index (χ2n) is 6.14. The van der Waals surface area contributed by atoms with Crippen LogP contribution in [0.1, 0.15) is 68.6 Å². The van der Waals surface area contributed by atoms with E-state index in [4.69, 9.17) is 4.74 Å². The number of rotatable bonds is 12. The van der Waals surface area contributed by atoms with Gasteiger partial charge in [-0.05, 0) is 30.7 Å². The number of carbonyl (C=O) groups excluding carboxylic acids is 1. The van der Waals surface area contributed by atoms with Crippen molar-refractivity contribution in [3.8, 4) is 5.75 Å². The van der Waals surface area contributed by atoms with Crippen molar-refractivity contribution in [3.63, 3.8) is 0 Å². The molecule has 0 unspecified atom stereocenters. The van der Waals surface area contributed by atoms with Crippen molar-refractivity contribution in [3.05, 3.63) is 41.4 Å². The molecule has 0 saturated heterocycles. The molecule has 136 valence electrons. The highest BCUT2D eigenvalue weighted by Gasteiger charge is 2.07. The average Bonchev–Trinajstić information content (AvgIpc) is 3.14. The van der Waals surface area contributed by atoms with Gasteiger partial charge in [0.15, 0.2) is 5.13 Å². The molecule has 0 bridgehead atoms. The summed E-state index contributed by atoms with van der Waals surface area (Å²) >= 11 is 1.40. The molecular formula is C20H28N2O2S. The minimum absolute atomic E-state index is 0.149. The first-order valence-corrected chi connectivity index (χ1v) is 10.1. The Hall–Kier alpha value is -1.88. The largest absolute Gasteiger partial charge is 0.494 e. The summed E-state index contributed by atoms with van der Waals surface area (Å²) in [5.41, 5.74) is 0.606. The van der Waals surface area contributed by atoms with Crippen LogP contribution in [0.3, 0.4) is 0 Å². The first-order chi connectivity index (χ1) is 12.3. The molecule has 0 aliphatic rings. The van der Waals surface area contributed by atoms with Gasteiger partial charge in [0.05, 0.1) is 6.61 Å². The molecule has 1 heterocycles. The van der Waals surface area contributed by atoms with Crippen LogP contribution in [0.2, 0.25) is 0 Å². The van der Waals surface area contributed by atoms with Crippen LogP contribution in [0.15, 0.2) is 35.8 Å². The number of hydrogen-bond acceptors (Lipinski definition) is 4. The Balaban J connectivity index is 1.59. The van der Waals surface area contributed by atoms with Gasteiger partial charge in [0.2, 0.25) is 0 Å². The molecule has 0 atom stereocenters. The quantitative estimate of drug-likeness (QED) is 0.478. The molecule has 4 nitrogen and oxygen atoms in total. The lowest BCUT2D eigenvalue weighted by atomic mass is 10.1. The molecule has 0 fully saturated rings. The standard InChI is InChI=1S/C20H28N2O2S/c1-2-3-4-5-6-7-8-9-15-24-18-12-10-17(11-13-18)19(23)22-20-21-14-16-25-20/h10-14,16H,2-9,15H2,1H3,(H,21,22,23). The normalized spacial score (nSPS) is 10.6. The number of amides is 1. The van der Waals surface area contributed by atoms with Crippen LogP contribution >= 0.6 is 11.3 Å². The molecule has 0 aliphatic carbocycles. The van der Waals surface area contributed by atoms with Gasteiger partial charge in [0, 0.05) is 17.1 Å². The van der Waals surface area contributed by atoms with Crippen LogP contribution in [-0.4, -0.2) is 17.5 Å². The van der Waals surface area contributed by atoms with Crippen LogP contribution in [0.5, 0.6) is 5.75 Å². The number of thiazole rings is 1. The number of nitrogens with one attached hydrogen (secondary N) is 1. The van der Waals surface area contributed by atoms with E-state index in [1.54, 1.807) is 18.3 Å². The zero-order valence-corrected chi connectivity index (χ0v) is 15.8. The average molecular weight is 361 g/mol. The van der Waals surface area contributed by atoms with E-state index in [-0.39, 0.29) is 5.91 Å². The maximum atomic E-state index is 12.1. The first-order valence-electron chi connectivity index (χ1n) is 9.23. The molecule has 1 amide bonds. The van der Waals surface area contributed by atoms with E-state index in [2.05, 4.69) is 17.2 Å². The fourth-order valence-electron chi connectivity index (χ4n) is 2.58. The van der Waals surface area contributed by atoms with E-state index < -0.39 is 0 Å². The lowest BCUT2D eigenvalue weighted by Crippen LogP contribution is -2.11. The van der Waals surface area contributed by atoms with Crippen LogP contribution in [-0.2, 0) is 0 Å². The zero-order valence-electron chi connectivity index (χ0n) is 15.0. The van der Waals surface area contributed by atoms with Crippen molar-refractivity contribution in [2.45, 2.75) is 58.3 Å². The van der Waals surface area contributed by atoms with Crippen molar-refractivity contribution in [1.82, 2.24) is 4.98 Å². The third-order valence-electron chi connectivity index (χ3n) is 4.04. The molecule has 1 N–H and O–H groups in total. The maximum absolute atomic E-state index is 12.1. The van der Waals surface area contributed by atoms with Crippen LogP contribution in [0, 0.1) is 0 Å². The number of hydrogen-bond donors (Lipinski definition) is 1. The molecule has 0 saturated carbocycles. The van der Waals surface area contributed by atoms with E-state index in [9.17, 15) is 4.79 Å². The molecule has 1 aromatic heterocycles. The molecule has 2 rings (SSSR count). The highest BCUT2D eigenvalue weighted by Crippen LogP contribution is 2.16. The third kappa shape index (κ3) is 7.69. The Morgan fingerprint density at radius 3 is 2.36 bits per heavy atom. The number of anilines is 1. The highest BCUT2D eigenvalue weighted by molar-refractivity contribution is 7.13. The number of carbonyl (C=O) groups is 1. The summed E-state index contributed by atoms with van der Waals surface area (Å²) in [5.74, 6) is 0.665. The van der Waals surface area contributed by atoms with Gasteiger partial charge in [-0.2, -0.15) is 0 Å². The lowest BCUT2D eigenvalue weighted by molar-refractivity contribution is 0.102. The summed E-state index contributed by atoms with van der Waals surface area (Å²) in [4.78, 5) is 16.1. The van der Waals surface area contributed by atoms with Gasteiger partial charge in [-0.3, -0.25) is 10.1 Å². The summed E-state index contributed by atoms with van der Waals surface area (Å²) in [7, 11) is 0. The second kappa shape index (κ2) is 11.6. The van der Waals surface area contributed by atoms with E-state index in [0.29, 0.717) is 10.7 Å². The molecule has 0 spiro atoms. The van der Waals surface area contributed by atoms with Crippen molar-refractivity contribution < 1.29 is 9.53 Å². The number of nitrogens with zero attached hydrogens (tertiary/aromatic N) is 1. The van der Waals surface area contributed by atoms with Crippen molar-refractivity contribution in [2.75, 3.05) is 11.9 Å². The van der Waals surface area contributed by atoms with Gasteiger partial charge in [-0.1, -0.05) is 51.9 Å². The number of benzene rings is 1. The SMILES string of the molecule is CCCCCCCCCCOc1ccc(C(=O)Nc2nccs2)cc1. The smallest absolute Gasteiger partial charge is 0.257 e. The van der Waals surface area contributed by atoms with E-state index in [1.807, 2.05) is 17.5 Å². The Labute approximate surface area is 154 Å². The van der Waals surface area contributed by atoms with Gasteiger partial charge in [-0.25, -0.2) is 4.98 Å². The van der Waals surface area contributed by atoms with Gasteiger partial charge < -0.3 is 4.74 Å². The minimum atomic E-state index is -0.149. The predicted octanol–water partition coefficient (Wildman–Crippen LogP) is 5.91. The van der Waals surface area contributed by atoms with Crippen LogP contribution < -0.4 is 10.1 Å². The van der Waals surface area contributed by atoms with E-state index in [0.717, 1.165) is 18.8 Å². The van der Waals surface area contributed by atoms with Gasteiger partial charge in [0.25, 0.3) is 5.91 Å². The fraction of sp³-hybridized carbons (Fsp3) is 0.500. The number of ether oxygens (including phenoxy) is 1. The molecule has 0 aliphatic heterocycles. The fourth-order valence-corrected chi connectivity index (χ4v) is 3.11. The van der Waals surface area contributed by atoms with Crippen LogP contribution in [0.4, 0.5) is 5.13 Å². The summed E-state index contributed by atoms with van der Waals surface area (Å²) in [6.07, 6.45) is 12.0. The number of unbranched alkanes of at least 4 members (excludes halogenated alkanes) is 7. The zero-order chi connectivity index (χ0) is 17.7. The molecule has 0 radical (unpaired) electrons. The predicted molar refractivity (Wildman–Crippen MR) is 105 cm³/mol. The van der Waals surface area contributed by atoms with Crippen molar-refractivity contribution >= 4 is 22.4 Å². The lowest BCUT2D eigenvalue weighted by Gasteiger charge is -2.07. The second-order valence-corrected chi connectivity index (χ2v) is 7.03. The minimum Gasteiger partial charge on any atom is -0.494 e. The summed E-state index contributed by atoms with van der Waals surface area (Å²) in [6.45, 7) is 2.98. The van der Waals surface area contributed by atoms with Gasteiger partial charge >= 0.3 is 0 Å². The Kier molecular flexibility index (Phi) is 9.05. The van der Waals surface area contributed by atoms with Crippen LogP contribution in [0.25, 0.3) is 0 Å².